The summed E-state index contributed by atoms with van der Waals surface area (Å²) in [5, 5.41) is 3.67. The average Bonchev–Trinajstić information content (AvgIpc) is 2.28. The molecule has 2 atom stereocenters. The smallest absolute Gasteiger partial charge is 0.0195 e. The Balaban J connectivity index is 1.88. The van der Waals surface area contributed by atoms with Crippen molar-refractivity contribution in [2.45, 2.75) is 71.4 Å². The van der Waals surface area contributed by atoms with Gasteiger partial charge in [-0.1, -0.05) is 33.6 Å². The lowest BCUT2D eigenvalue weighted by Gasteiger charge is -2.44. The van der Waals surface area contributed by atoms with Gasteiger partial charge in [-0.05, 0) is 31.1 Å². The molecule has 100 valence electrons. The van der Waals surface area contributed by atoms with E-state index < -0.39 is 0 Å². The van der Waals surface area contributed by atoms with E-state index in [1.54, 1.807) is 0 Å². The molecule has 2 heteroatoms. The topological polar surface area (TPSA) is 15.3 Å². The molecule has 1 saturated heterocycles. The van der Waals surface area contributed by atoms with Crippen LogP contribution in [0.4, 0.5) is 0 Å². The SMILES string of the molecule is CCCC1CN(C2CCCC(C)(C)C2)CCN1. The summed E-state index contributed by atoms with van der Waals surface area (Å²) in [6.45, 7) is 10.9. The Bertz CT molecular complexity index is 235. The molecule has 1 N–H and O–H groups in total. The van der Waals surface area contributed by atoms with Gasteiger partial charge in [0, 0.05) is 31.7 Å². The predicted octanol–water partition coefficient (Wildman–Crippen LogP) is 3.03. The molecule has 1 aliphatic carbocycles. The van der Waals surface area contributed by atoms with Crippen LogP contribution in [0.2, 0.25) is 0 Å². The van der Waals surface area contributed by atoms with Crippen LogP contribution in [0, 0.1) is 5.41 Å². The van der Waals surface area contributed by atoms with E-state index in [1.807, 2.05) is 0 Å². The summed E-state index contributed by atoms with van der Waals surface area (Å²) in [5.41, 5.74) is 0.577. The van der Waals surface area contributed by atoms with Crippen LogP contribution >= 0.6 is 0 Å². The van der Waals surface area contributed by atoms with Crippen molar-refractivity contribution in [2.75, 3.05) is 19.6 Å². The van der Waals surface area contributed by atoms with Gasteiger partial charge in [-0.25, -0.2) is 0 Å². The molecule has 0 aromatic rings. The lowest BCUT2D eigenvalue weighted by Crippen LogP contribution is -2.55. The van der Waals surface area contributed by atoms with E-state index in [-0.39, 0.29) is 0 Å². The molecule has 0 aromatic heterocycles. The van der Waals surface area contributed by atoms with Crippen molar-refractivity contribution < 1.29 is 0 Å². The van der Waals surface area contributed by atoms with Crippen molar-refractivity contribution >= 4 is 0 Å². The summed E-state index contributed by atoms with van der Waals surface area (Å²) in [7, 11) is 0. The molecule has 2 fully saturated rings. The minimum atomic E-state index is 0.577. The Morgan fingerprint density at radius 3 is 2.88 bits per heavy atom. The molecule has 0 aromatic carbocycles. The van der Waals surface area contributed by atoms with Gasteiger partial charge in [-0.15, -0.1) is 0 Å². The van der Waals surface area contributed by atoms with Gasteiger partial charge in [0.05, 0.1) is 0 Å². The van der Waals surface area contributed by atoms with Crippen LogP contribution in [0.1, 0.15) is 59.3 Å². The highest BCUT2D eigenvalue weighted by Gasteiger charge is 2.33. The van der Waals surface area contributed by atoms with Gasteiger partial charge in [-0.2, -0.15) is 0 Å². The van der Waals surface area contributed by atoms with Crippen LogP contribution in [0.25, 0.3) is 0 Å². The molecule has 2 aliphatic rings. The summed E-state index contributed by atoms with van der Waals surface area (Å²) < 4.78 is 0. The molecular formula is C15H30N2. The number of nitrogens with one attached hydrogen (secondary N) is 1. The zero-order chi connectivity index (χ0) is 12.3. The minimum absolute atomic E-state index is 0.577. The van der Waals surface area contributed by atoms with E-state index in [2.05, 4.69) is 31.0 Å². The van der Waals surface area contributed by atoms with Crippen molar-refractivity contribution in [2.24, 2.45) is 5.41 Å². The Morgan fingerprint density at radius 2 is 2.18 bits per heavy atom. The van der Waals surface area contributed by atoms with E-state index in [0.717, 1.165) is 12.1 Å². The first-order chi connectivity index (χ1) is 8.11. The first kappa shape index (κ1) is 13.4. The van der Waals surface area contributed by atoms with E-state index in [4.69, 9.17) is 0 Å². The Hall–Kier alpha value is -0.0800. The van der Waals surface area contributed by atoms with Gasteiger partial charge >= 0.3 is 0 Å². The third kappa shape index (κ3) is 3.69. The predicted molar refractivity (Wildman–Crippen MR) is 74.3 cm³/mol. The number of hydrogen-bond donors (Lipinski definition) is 1. The monoisotopic (exact) mass is 238 g/mol. The molecule has 0 bridgehead atoms. The molecule has 1 heterocycles. The summed E-state index contributed by atoms with van der Waals surface area (Å²) in [6.07, 6.45) is 8.34. The van der Waals surface area contributed by atoms with Crippen LogP contribution in [0.3, 0.4) is 0 Å². The highest BCUT2D eigenvalue weighted by molar-refractivity contribution is 4.89. The second-order valence-electron chi connectivity index (χ2n) is 6.85. The van der Waals surface area contributed by atoms with E-state index in [9.17, 15) is 0 Å². The van der Waals surface area contributed by atoms with Crippen molar-refractivity contribution in [1.82, 2.24) is 10.2 Å². The molecule has 2 unspecified atom stereocenters. The summed E-state index contributed by atoms with van der Waals surface area (Å²) >= 11 is 0. The first-order valence-corrected chi connectivity index (χ1v) is 7.58. The van der Waals surface area contributed by atoms with Crippen LogP contribution < -0.4 is 5.32 Å². The van der Waals surface area contributed by atoms with Gasteiger partial charge < -0.3 is 5.32 Å². The highest BCUT2D eigenvalue weighted by Crippen LogP contribution is 2.37. The van der Waals surface area contributed by atoms with Gasteiger partial charge in [0.15, 0.2) is 0 Å². The normalized spacial score (nSPS) is 34.8. The second kappa shape index (κ2) is 5.71. The number of rotatable bonds is 3. The molecule has 1 aliphatic heterocycles. The fourth-order valence-corrected chi connectivity index (χ4v) is 3.69. The summed E-state index contributed by atoms with van der Waals surface area (Å²) in [5.74, 6) is 0. The standard InChI is InChI=1S/C15H30N2/c1-4-6-13-12-17(10-9-16-13)14-7-5-8-15(2,3)11-14/h13-14,16H,4-12H2,1-3H3. The maximum Gasteiger partial charge on any atom is 0.0195 e. The third-order valence-corrected chi connectivity index (χ3v) is 4.62. The van der Waals surface area contributed by atoms with Crippen LogP contribution in [0.5, 0.6) is 0 Å². The van der Waals surface area contributed by atoms with Crippen LogP contribution in [-0.4, -0.2) is 36.6 Å². The van der Waals surface area contributed by atoms with Crippen LogP contribution in [0.15, 0.2) is 0 Å². The van der Waals surface area contributed by atoms with Crippen molar-refractivity contribution in [3.63, 3.8) is 0 Å². The van der Waals surface area contributed by atoms with E-state index in [1.165, 1.54) is 58.2 Å². The molecule has 0 spiro atoms. The Labute approximate surface area is 107 Å². The molecule has 2 rings (SSSR count). The quantitative estimate of drug-likeness (QED) is 0.813. The number of nitrogens with zero attached hydrogens (tertiary/aromatic N) is 1. The third-order valence-electron chi connectivity index (χ3n) is 4.62. The largest absolute Gasteiger partial charge is 0.311 e. The van der Waals surface area contributed by atoms with Crippen molar-refractivity contribution in [3.8, 4) is 0 Å². The number of piperazine rings is 1. The summed E-state index contributed by atoms with van der Waals surface area (Å²) in [4.78, 5) is 2.78. The molecule has 1 saturated carbocycles. The van der Waals surface area contributed by atoms with E-state index in [0.29, 0.717) is 5.41 Å². The molecular weight excluding hydrogens is 208 g/mol. The Kier molecular flexibility index (Phi) is 4.48. The minimum Gasteiger partial charge on any atom is -0.311 e. The zero-order valence-electron chi connectivity index (χ0n) is 12.0. The second-order valence-corrected chi connectivity index (χ2v) is 6.85. The van der Waals surface area contributed by atoms with E-state index >= 15 is 0 Å². The van der Waals surface area contributed by atoms with Gasteiger partial charge in [0.25, 0.3) is 0 Å². The Morgan fingerprint density at radius 1 is 1.35 bits per heavy atom. The average molecular weight is 238 g/mol. The zero-order valence-corrected chi connectivity index (χ0v) is 12.0. The van der Waals surface area contributed by atoms with Crippen molar-refractivity contribution in [1.29, 1.82) is 0 Å². The lowest BCUT2D eigenvalue weighted by molar-refractivity contribution is 0.0692. The first-order valence-electron chi connectivity index (χ1n) is 7.58. The molecule has 0 radical (unpaired) electrons. The van der Waals surface area contributed by atoms with Gasteiger partial charge in [0.1, 0.15) is 0 Å². The van der Waals surface area contributed by atoms with Gasteiger partial charge in [0.2, 0.25) is 0 Å². The van der Waals surface area contributed by atoms with Gasteiger partial charge in [-0.3, -0.25) is 4.90 Å². The fourth-order valence-electron chi connectivity index (χ4n) is 3.69. The molecule has 17 heavy (non-hydrogen) atoms. The van der Waals surface area contributed by atoms with Crippen molar-refractivity contribution in [3.05, 3.63) is 0 Å². The molecule has 2 nitrogen and oxygen atoms in total. The fraction of sp³-hybridized carbons (Fsp3) is 1.00. The highest BCUT2D eigenvalue weighted by atomic mass is 15.2. The maximum absolute atomic E-state index is 3.67. The maximum atomic E-state index is 3.67. The summed E-state index contributed by atoms with van der Waals surface area (Å²) in [6, 6.07) is 1.61. The van der Waals surface area contributed by atoms with Crippen LogP contribution in [-0.2, 0) is 0 Å². The lowest BCUT2D eigenvalue weighted by atomic mass is 9.74. The molecule has 0 amide bonds. The number of hydrogen-bond acceptors (Lipinski definition) is 2.